The van der Waals surface area contributed by atoms with E-state index in [0.717, 1.165) is 25.9 Å². The standard InChI is InChI=1S/C18H30N2O/c1-4-19-18(14-21)12-5-6-16(18)11-13-20(3)17-9-7-15(2)8-10-17/h7-10,16,19,21H,4-6,11-14H2,1-3H3. The second-order valence-electron chi connectivity index (χ2n) is 6.48. The zero-order valence-corrected chi connectivity index (χ0v) is 13.7. The van der Waals surface area contributed by atoms with Gasteiger partial charge >= 0.3 is 0 Å². The summed E-state index contributed by atoms with van der Waals surface area (Å²) in [5.41, 5.74) is 2.54. The molecule has 0 spiro atoms. The van der Waals surface area contributed by atoms with Gasteiger partial charge in [-0.3, -0.25) is 0 Å². The van der Waals surface area contributed by atoms with Crippen molar-refractivity contribution in [2.24, 2.45) is 5.92 Å². The fourth-order valence-electron chi connectivity index (χ4n) is 3.69. The van der Waals surface area contributed by atoms with Gasteiger partial charge in [0.05, 0.1) is 6.61 Å². The van der Waals surface area contributed by atoms with Crippen LogP contribution in [0.3, 0.4) is 0 Å². The van der Waals surface area contributed by atoms with Crippen LogP contribution in [0.1, 0.15) is 38.2 Å². The summed E-state index contributed by atoms with van der Waals surface area (Å²) in [7, 11) is 2.16. The molecule has 2 unspecified atom stereocenters. The third-order valence-electron chi connectivity index (χ3n) is 5.06. The minimum absolute atomic E-state index is 0.0388. The highest BCUT2D eigenvalue weighted by Crippen LogP contribution is 2.37. The van der Waals surface area contributed by atoms with Crippen LogP contribution in [-0.2, 0) is 0 Å². The van der Waals surface area contributed by atoms with E-state index in [1.807, 2.05) is 0 Å². The van der Waals surface area contributed by atoms with E-state index in [9.17, 15) is 5.11 Å². The molecule has 0 saturated heterocycles. The largest absolute Gasteiger partial charge is 0.394 e. The molecule has 0 radical (unpaired) electrons. The highest BCUT2D eigenvalue weighted by atomic mass is 16.3. The molecule has 21 heavy (non-hydrogen) atoms. The number of hydrogen-bond donors (Lipinski definition) is 2. The van der Waals surface area contributed by atoms with Crippen molar-refractivity contribution in [3.63, 3.8) is 0 Å². The lowest BCUT2D eigenvalue weighted by Gasteiger charge is -2.36. The van der Waals surface area contributed by atoms with Gasteiger partial charge in [0.15, 0.2) is 0 Å². The Balaban J connectivity index is 1.93. The van der Waals surface area contributed by atoms with Crippen LogP contribution in [0.15, 0.2) is 24.3 Å². The summed E-state index contributed by atoms with van der Waals surface area (Å²) in [5, 5.41) is 13.4. The lowest BCUT2D eigenvalue weighted by Crippen LogP contribution is -2.51. The second kappa shape index (κ2) is 7.28. The summed E-state index contributed by atoms with van der Waals surface area (Å²) >= 11 is 0. The first kappa shape index (κ1) is 16.3. The van der Waals surface area contributed by atoms with Crippen LogP contribution < -0.4 is 10.2 Å². The Labute approximate surface area is 129 Å². The van der Waals surface area contributed by atoms with Crippen LogP contribution in [-0.4, -0.2) is 37.4 Å². The molecule has 0 amide bonds. The van der Waals surface area contributed by atoms with Gasteiger partial charge in [-0.25, -0.2) is 0 Å². The summed E-state index contributed by atoms with van der Waals surface area (Å²) in [5.74, 6) is 0.579. The van der Waals surface area contributed by atoms with Gasteiger partial charge in [-0.2, -0.15) is 0 Å². The number of nitrogens with zero attached hydrogens (tertiary/aromatic N) is 1. The third kappa shape index (κ3) is 3.78. The van der Waals surface area contributed by atoms with Crippen molar-refractivity contribution in [3.05, 3.63) is 29.8 Å². The second-order valence-corrected chi connectivity index (χ2v) is 6.48. The van der Waals surface area contributed by atoms with Gasteiger partial charge in [-0.05, 0) is 50.8 Å². The number of anilines is 1. The van der Waals surface area contributed by atoms with Crippen molar-refractivity contribution in [2.45, 2.75) is 45.1 Å². The monoisotopic (exact) mass is 290 g/mol. The van der Waals surface area contributed by atoms with Crippen molar-refractivity contribution in [1.29, 1.82) is 0 Å². The number of nitrogens with one attached hydrogen (secondary N) is 1. The quantitative estimate of drug-likeness (QED) is 0.810. The minimum Gasteiger partial charge on any atom is -0.394 e. The molecule has 1 aromatic rings. The van der Waals surface area contributed by atoms with E-state index in [-0.39, 0.29) is 12.1 Å². The lowest BCUT2D eigenvalue weighted by atomic mass is 9.85. The Kier molecular flexibility index (Phi) is 5.65. The summed E-state index contributed by atoms with van der Waals surface area (Å²) in [6.45, 7) is 6.49. The topological polar surface area (TPSA) is 35.5 Å². The number of hydrogen-bond acceptors (Lipinski definition) is 3. The van der Waals surface area contributed by atoms with E-state index in [1.54, 1.807) is 0 Å². The van der Waals surface area contributed by atoms with Gasteiger partial charge in [-0.1, -0.05) is 31.0 Å². The summed E-state index contributed by atoms with van der Waals surface area (Å²) in [4.78, 5) is 2.33. The minimum atomic E-state index is -0.0388. The van der Waals surface area contributed by atoms with Crippen molar-refractivity contribution in [2.75, 3.05) is 31.6 Å². The van der Waals surface area contributed by atoms with E-state index in [4.69, 9.17) is 0 Å². The fourth-order valence-corrected chi connectivity index (χ4v) is 3.69. The van der Waals surface area contributed by atoms with E-state index >= 15 is 0 Å². The Bertz CT molecular complexity index is 431. The van der Waals surface area contributed by atoms with Crippen molar-refractivity contribution >= 4 is 5.69 Å². The Hall–Kier alpha value is -1.06. The number of likely N-dealkylation sites (N-methyl/N-ethyl adjacent to an activating group) is 1. The molecular formula is C18H30N2O. The molecule has 2 N–H and O–H groups in total. The molecule has 2 rings (SSSR count). The molecule has 1 aliphatic carbocycles. The molecule has 3 nitrogen and oxygen atoms in total. The average Bonchev–Trinajstić information content (AvgIpc) is 2.89. The van der Waals surface area contributed by atoms with E-state index in [1.165, 1.54) is 24.1 Å². The molecule has 0 bridgehead atoms. The lowest BCUT2D eigenvalue weighted by molar-refractivity contribution is 0.122. The summed E-state index contributed by atoms with van der Waals surface area (Å²) in [6.07, 6.45) is 4.70. The molecular weight excluding hydrogens is 260 g/mol. The first-order valence-corrected chi connectivity index (χ1v) is 8.25. The molecule has 118 valence electrons. The highest BCUT2D eigenvalue weighted by molar-refractivity contribution is 5.46. The van der Waals surface area contributed by atoms with E-state index in [2.05, 4.69) is 55.4 Å². The van der Waals surface area contributed by atoms with Crippen LogP contribution in [0.5, 0.6) is 0 Å². The van der Waals surface area contributed by atoms with Gasteiger partial charge in [0, 0.05) is 24.8 Å². The first-order chi connectivity index (χ1) is 10.1. The van der Waals surface area contributed by atoms with Crippen LogP contribution in [0, 0.1) is 12.8 Å². The number of aryl methyl sites for hydroxylation is 1. The predicted octanol–water partition coefficient (Wildman–Crippen LogP) is 2.96. The number of benzene rings is 1. The van der Waals surface area contributed by atoms with Crippen molar-refractivity contribution < 1.29 is 5.11 Å². The van der Waals surface area contributed by atoms with E-state index in [0.29, 0.717) is 5.92 Å². The van der Waals surface area contributed by atoms with Crippen molar-refractivity contribution in [3.8, 4) is 0 Å². The maximum atomic E-state index is 9.85. The fraction of sp³-hybridized carbons (Fsp3) is 0.667. The van der Waals surface area contributed by atoms with Crippen LogP contribution in [0.2, 0.25) is 0 Å². The Morgan fingerprint density at radius 2 is 2.05 bits per heavy atom. The molecule has 0 aliphatic heterocycles. The predicted molar refractivity (Wildman–Crippen MR) is 89.9 cm³/mol. The normalized spacial score (nSPS) is 25.2. The molecule has 3 heteroatoms. The molecule has 1 aliphatic rings. The molecule has 1 fully saturated rings. The van der Waals surface area contributed by atoms with Gasteiger partial charge in [0.25, 0.3) is 0 Å². The third-order valence-corrected chi connectivity index (χ3v) is 5.06. The van der Waals surface area contributed by atoms with Crippen molar-refractivity contribution in [1.82, 2.24) is 5.32 Å². The Morgan fingerprint density at radius 1 is 1.33 bits per heavy atom. The zero-order valence-electron chi connectivity index (χ0n) is 13.7. The van der Waals surface area contributed by atoms with Crippen LogP contribution >= 0.6 is 0 Å². The van der Waals surface area contributed by atoms with Crippen LogP contribution in [0.4, 0.5) is 5.69 Å². The van der Waals surface area contributed by atoms with Gasteiger partial charge < -0.3 is 15.3 Å². The average molecular weight is 290 g/mol. The zero-order chi connectivity index (χ0) is 15.3. The number of aliphatic hydroxyl groups is 1. The molecule has 1 aromatic carbocycles. The smallest absolute Gasteiger partial charge is 0.0616 e. The molecule has 2 atom stereocenters. The first-order valence-electron chi connectivity index (χ1n) is 8.25. The van der Waals surface area contributed by atoms with Gasteiger partial charge in [0.1, 0.15) is 0 Å². The molecule has 1 saturated carbocycles. The molecule has 0 heterocycles. The van der Waals surface area contributed by atoms with Crippen LogP contribution in [0.25, 0.3) is 0 Å². The summed E-state index contributed by atoms with van der Waals surface area (Å²) in [6, 6.07) is 8.71. The maximum Gasteiger partial charge on any atom is 0.0616 e. The van der Waals surface area contributed by atoms with Gasteiger partial charge in [-0.15, -0.1) is 0 Å². The Morgan fingerprint density at radius 3 is 2.67 bits per heavy atom. The molecule has 0 aromatic heterocycles. The summed E-state index contributed by atoms with van der Waals surface area (Å²) < 4.78 is 0. The SMILES string of the molecule is CCNC1(CO)CCCC1CCN(C)c1ccc(C)cc1. The van der Waals surface area contributed by atoms with E-state index < -0.39 is 0 Å². The highest BCUT2D eigenvalue weighted by Gasteiger charge is 2.41. The number of rotatable bonds is 7. The van der Waals surface area contributed by atoms with Gasteiger partial charge in [0.2, 0.25) is 0 Å². The number of aliphatic hydroxyl groups excluding tert-OH is 1. The maximum absolute atomic E-state index is 9.85.